The van der Waals surface area contributed by atoms with E-state index in [1.165, 1.54) is 0 Å². The lowest BCUT2D eigenvalue weighted by atomic mass is 10.2. The van der Waals surface area contributed by atoms with Gasteiger partial charge in [-0.2, -0.15) is 13.2 Å². The summed E-state index contributed by atoms with van der Waals surface area (Å²) in [5.41, 5.74) is 3.46. The molecule has 0 spiro atoms. The molecule has 0 saturated carbocycles. The van der Waals surface area contributed by atoms with Crippen molar-refractivity contribution in [1.29, 1.82) is 0 Å². The lowest BCUT2D eigenvalue weighted by Crippen LogP contribution is -2.49. The summed E-state index contributed by atoms with van der Waals surface area (Å²) in [6.45, 7) is 6.04. The van der Waals surface area contributed by atoms with Crippen LogP contribution < -0.4 is 0 Å². The van der Waals surface area contributed by atoms with E-state index >= 15 is 0 Å². The molecular weight excluding hydrogens is 397 g/mol. The first-order chi connectivity index (χ1) is 14.3. The molecule has 0 unspecified atom stereocenters. The fraction of sp³-hybridized carbons (Fsp3) is 0.524. The van der Waals surface area contributed by atoms with Gasteiger partial charge in [0.15, 0.2) is 0 Å². The molecule has 1 aliphatic heterocycles. The number of ether oxygens (including phenoxy) is 1. The van der Waals surface area contributed by atoms with Crippen molar-refractivity contribution in [1.82, 2.24) is 19.4 Å². The molecule has 1 aliphatic rings. The van der Waals surface area contributed by atoms with E-state index in [-0.39, 0.29) is 12.5 Å². The van der Waals surface area contributed by atoms with Crippen molar-refractivity contribution in [3.8, 4) is 5.69 Å². The lowest BCUT2D eigenvalue weighted by molar-refractivity contribution is -0.174. The molecule has 2 aromatic heterocycles. The number of hydrogen-bond acceptors (Lipinski definition) is 4. The Labute approximate surface area is 174 Å². The first kappa shape index (κ1) is 22.3. The van der Waals surface area contributed by atoms with E-state index in [1.54, 1.807) is 12.4 Å². The summed E-state index contributed by atoms with van der Waals surface area (Å²) in [4.78, 5) is 21.2. The van der Waals surface area contributed by atoms with Crippen molar-refractivity contribution < 1.29 is 22.7 Å². The Kier molecular flexibility index (Phi) is 7.14. The maximum Gasteiger partial charge on any atom is 0.411 e. The number of carbonyl (C=O) groups is 1. The van der Waals surface area contributed by atoms with Crippen molar-refractivity contribution in [3.05, 3.63) is 47.5 Å². The van der Waals surface area contributed by atoms with Crippen molar-refractivity contribution in [2.75, 3.05) is 45.9 Å². The van der Waals surface area contributed by atoms with E-state index in [2.05, 4.69) is 14.6 Å². The number of nitrogens with zero attached hydrogens (tertiary/aromatic N) is 4. The molecule has 0 radical (unpaired) electrons. The van der Waals surface area contributed by atoms with E-state index in [1.807, 2.05) is 41.5 Å². The summed E-state index contributed by atoms with van der Waals surface area (Å²) < 4.78 is 42.9. The highest BCUT2D eigenvalue weighted by Crippen LogP contribution is 2.22. The normalized spacial score (nSPS) is 15.6. The number of aromatic nitrogens is 2. The molecular formula is C21H27F3N4O2. The molecule has 0 aromatic carbocycles. The Morgan fingerprint density at radius 2 is 1.93 bits per heavy atom. The van der Waals surface area contributed by atoms with Crippen LogP contribution >= 0.6 is 0 Å². The Morgan fingerprint density at radius 3 is 2.57 bits per heavy atom. The zero-order valence-electron chi connectivity index (χ0n) is 17.3. The maximum absolute atomic E-state index is 13.1. The van der Waals surface area contributed by atoms with Gasteiger partial charge in [0.25, 0.3) is 5.91 Å². The minimum Gasteiger partial charge on any atom is -0.372 e. The van der Waals surface area contributed by atoms with Gasteiger partial charge in [-0.1, -0.05) is 0 Å². The molecule has 1 fully saturated rings. The minimum absolute atomic E-state index is 0.00593. The van der Waals surface area contributed by atoms with Crippen LogP contribution in [-0.4, -0.2) is 77.4 Å². The third kappa shape index (κ3) is 5.60. The molecule has 0 atom stereocenters. The SMILES string of the molecule is Cc1cc(C(=O)N2CCN(CCCOCC(F)(F)F)CC2)c(C)n1-c1cccnc1. The van der Waals surface area contributed by atoms with Gasteiger partial charge in [0.1, 0.15) is 6.61 Å². The molecule has 164 valence electrons. The summed E-state index contributed by atoms with van der Waals surface area (Å²) in [5, 5.41) is 0. The predicted octanol–water partition coefficient (Wildman–Crippen LogP) is 3.22. The summed E-state index contributed by atoms with van der Waals surface area (Å²) in [7, 11) is 0. The third-order valence-electron chi connectivity index (χ3n) is 5.25. The van der Waals surface area contributed by atoms with Gasteiger partial charge in [-0.15, -0.1) is 0 Å². The van der Waals surface area contributed by atoms with Gasteiger partial charge >= 0.3 is 6.18 Å². The molecule has 0 bridgehead atoms. The zero-order valence-corrected chi connectivity index (χ0v) is 17.3. The molecule has 1 amide bonds. The van der Waals surface area contributed by atoms with Crippen LogP contribution in [0.4, 0.5) is 13.2 Å². The number of alkyl halides is 3. The number of amides is 1. The highest BCUT2D eigenvalue weighted by Gasteiger charge is 2.28. The molecule has 0 aliphatic carbocycles. The molecule has 30 heavy (non-hydrogen) atoms. The molecule has 6 nitrogen and oxygen atoms in total. The average Bonchev–Trinajstić information content (AvgIpc) is 3.01. The van der Waals surface area contributed by atoms with Crippen molar-refractivity contribution in [3.63, 3.8) is 0 Å². The monoisotopic (exact) mass is 424 g/mol. The van der Waals surface area contributed by atoms with E-state index in [9.17, 15) is 18.0 Å². The van der Waals surface area contributed by atoms with E-state index in [0.717, 1.165) is 17.1 Å². The van der Waals surface area contributed by atoms with E-state index < -0.39 is 12.8 Å². The van der Waals surface area contributed by atoms with Gasteiger partial charge in [-0.25, -0.2) is 0 Å². The summed E-state index contributed by atoms with van der Waals surface area (Å²) in [6, 6.07) is 5.73. The fourth-order valence-electron chi connectivity index (χ4n) is 3.79. The minimum atomic E-state index is -4.28. The predicted molar refractivity (Wildman–Crippen MR) is 107 cm³/mol. The van der Waals surface area contributed by atoms with Crippen molar-refractivity contribution in [2.24, 2.45) is 0 Å². The number of rotatable bonds is 7. The number of piperazine rings is 1. The van der Waals surface area contributed by atoms with Crippen LogP contribution in [0.25, 0.3) is 5.69 Å². The number of carbonyl (C=O) groups excluding carboxylic acids is 1. The highest BCUT2D eigenvalue weighted by atomic mass is 19.4. The second-order valence-corrected chi connectivity index (χ2v) is 7.49. The van der Waals surface area contributed by atoms with E-state index in [0.29, 0.717) is 44.7 Å². The second-order valence-electron chi connectivity index (χ2n) is 7.49. The summed E-state index contributed by atoms with van der Waals surface area (Å²) >= 11 is 0. The first-order valence-electron chi connectivity index (χ1n) is 10.0. The van der Waals surface area contributed by atoms with E-state index in [4.69, 9.17) is 0 Å². The van der Waals surface area contributed by atoms with Crippen LogP contribution in [0.15, 0.2) is 30.6 Å². The van der Waals surface area contributed by atoms with Gasteiger partial charge in [-0.3, -0.25) is 14.7 Å². The van der Waals surface area contributed by atoms with Crippen molar-refractivity contribution >= 4 is 5.91 Å². The number of pyridine rings is 1. The molecule has 3 rings (SSSR count). The number of aryl methyl sites for hydroxylation is 1. The Bertz CT molecular complexity index is 844. The molecule has 9 heteroatoms. The Morgan fingerprint density at radius 1 is 1.20 bits per heavy atom. The standard InChI is InChI=1S/C21H27F3N4O2/c1-16-13-19(17(2)28(16)18-5-3-6-25-14-18)20(29)27-10-8-26(9-11-27)7-4-12-30-15-21(22,23)24/h3,5-6,13-14H,4,7-12,15H2,1-2H3. The molecule has 2 aromatic rings. The van der Waals surface area contributed by atoms with Crippen molar-refractivity contribution in [2.45, 2.75) is 26.4 Å². The zero-order chi connectivity index (χ0) is 21.7. The third-order valence-corrected chi connectivity index (χ3v) is 5.25. The molecule has 3 heterocycles. The highest BCUT2D eigenvalue weighted by molar-refractivity contribution is 5.96. The quantitative estimate of drug-likeness (QED) is 0.641. The topological polar surface area (TPSA) is 50.6 Å². The van der Waals surface area contributed by atoms with Crippen LogP contribution in [0, 0.1) is 13.8 Å². The van der Waals surface area contributed by atoms with Gasteiger partial charge < -0.3 is 14.2 Å². The number of halogens is 3. The van der Waals surface area contributed by atoms with Crippen LogP contribution in [0.3, 0.4) is 0 Å². The van der Waals surface area contributed by atoms with Gasteiger partial charge in [0.05, 0.1) is 17.4 Å². The van der Waals surface area contributed by atoms with Gasteiger partial charge in [0, 0.05) is 56.9 Å². The van der Waals surface area contributed by atoms with Crippen LogP contribution in [0.1, 0.15) is 28.2 Å². The summed E-state index contributed by atoms with van der Waals surface area (Å²) in [6.07, 6.45) is -0.258. The average molecular weight is 424 g/mol. The number of hydrogen-bond donors (Lipinski definition) is 0. The Balaban J connectivity index is 1.51. The largest absolute Gasteiger partial charge is 0.411 e. The fourth-order valence-corrected chi connectivity index (χ4v) is 3.79. The first-order valence-corrected chi connectivity index (χ1v) is 10.0. The molecule has 0 N–H and O–H groups in total. The maximum atomic E-state index is 13.1. The van der Waals surface area contributed by atoms with Crippen LogP contribution in [0.2, 0.25) is 0 Å². The Hall–Kier alpha value is -2.39. The van der Waals surface area contributed by atoms with Gasteiger partial charge in [-0.05, 0) is 38.5 Å². The molecule has 1 saturated heterocycles. The van der Waals surface area contributed by atoms with Crippen LogP contribution in [-0.2, 0) is 4.74 Å². The second kappa shape index (κ2) is 9.61. The summed E-state index contributed by atoms with van der Waals surface area (Å²) in [5.74, 6) is 0.00593. The smallest absolute Gasteiger partial charge is 0.372 e. The lowest BCUT2D eigenvalue weighted by Gasteiger charge is -2.34. The van der Waals surface area contributed by atoms with Gasteiger partial charge in [0.2, 0.25) is 0 Å². The van der Waals surface area contributed by atoms with Crippen LogP contribution in [0.5, 0.6) is 0 Å².